The molecule has 0 radical (unpaired) electrons. The lowest BCUT2D eigenvalue weighted by molar-refractivity contribution is 0.115. The number of benzene rings is 2. The molecule has 0 amide bonds. The highest BCUT2D eigenvalue weighted by Gasteiger charge is 2.19. The molecule has 5 heteroatoms. The molecule has 2 aromatic rings. The molecule has 2 aromatic carbocycles. The Morgan fingerprint density at radius 2 is 1.70 bits per heavy atom. The molecule has 120 valence electrons. The van der Waals surface area contributed by atoms with E-state index in [0.29, 0.717) is 30.9 Å². The van der Waals surface area contributed by atoms with Crippen molar-refractivity contribution >= 4 is 6.08 Å². The number of ether oxygens (including phenoxy) is 2. The Morgan fingerprint density at radius 1 is 0.957 bits per heavy atom. The van der Waals surface area contributed by atoms with E-state index in [1.54, 1.807) is 12.1 Å². The lowest BCUT2D eigenvalue weighted by Gasteiger charge is -2.21. The Bertz CT molecular complexity index is 728. The number of halogens is 2. The second-order valence-corrected chi connectivity index (χ2v) is 5.23. The fraction of sp³-hybridized carbons (Fsp3) is 0.222. The molecule has 3 nitrogen and oxygen atoms in total. The van der Waals surface area contributed by atoms with Gasteiger partial charge in [-0.25, -0.2) is 8.78 Å². The molecule has 0 saturated heterocycles. The van der Waals surface area contributed by atoms with E-state index < -0.39 is 6.10 Å². The third kappa shape index (κ3) is 3.68. The van der Waals surface area contributed by atoms with Crippen LogP contribution in [0.2, 0.25) is 0 Å². The first kappa shape index (κ1) is 15.5. The molecule has 1 unspecified atom stereocenters. The van der Waals surface area contributed by atoms with Gasteiger partial charge in [-0.2, -0.15) is 0 Å². The summed E-state index contributed by atoms with van der Waals surface area (Å²) in [5.41, 5.74) is 1.37. The molecule has 0 aromatic heterocycles. The van der Waals surface area contributed by atoms with E-state index in [9.17, 15) is 13.9 Å². The molecule has 1 atom stereocenters. The van der Waals surface area contributed by atoms with E-state index in [0.717, 1.165) is 11.3 Å². The third-order valence-electron chi connectivity index (χ3n) is 3.58. The molecule has 1 N–H and O–H groups in total. The van der Waals surface area contributed by atoms with E-state index >= 15 is 0 Å². The number of aliphatic hydroxyl groups excluding tert-OH is 1. The molecule has 0 spiro atoms. The maximum Gasteiger partial charge on any atom is 0.127 e. The molecular formula is C18H16F2O3. The van der Waals surface area contributed by atoms with Gasteiger partial charge in [0.25, 0.3) is 0 Å². The first-order chi connectivity index (χ1) is 11.1. The van der Waals surface area contributed by atoms with Crippen LogP contribution in [0.4, 0.5) is 8.78 Å². The number of aliphatic hydroxyl groups is 1. The topological polar surface area (TPSA) is 38.7 Å². The van der Waals surface area contributed by atoms with Gasteiger partial charge in [-0.1, -0.05) is 6.08 Å². The SMILES string of the molecule is Fc1ccc2c(c1)C=CCO2.OC1CCOc2ccc(F)cc21. The van der Waals surface area contributed by atoms with Gasteiger partial charge in [-0.3, -0.25) is 0 Å². The monoisotopic (exact) mass is 318 g/mol. The summed E-state index contributed by atoms with van der Waals surface area (Å²) in [6, 6.07) is 8.71. The second-order valence-electron chi connectivity index (χ2n) is 5.23. The zero-order valence-corrected chi connectivity index (χ0v) is 12.3. The Labute approximate surface area is 132 Å². The number of hydrogen-bond acceptors (Lipinski definition) is 3. The molecule has 0 fully saturated rings. The molecule has 0 saturated carbocycles. The van der Waals surface area contributed by atoms with Crippen LogP contribution in [-0.2, 0) is 0 Å². The summed E-state index contributed by atoms with van der Waals surface area (Å²) >= 11 is 0. The van der Waals surface area contributed by atoms with Gasteiger partial charge in [0.1, 0.15) is 29.7 Å². The Hall–Kier alpha value is -2.40. The first-order valence-corrected chi connectivity index (χ1v) is 7.33. The number of fused-ring (bicyclic) bond motifs is 2. The summed E-state index contributed by atoms with van der Waals surface area (Å²) < 4.78 is 35.8. The summed E-state index contributed by atoms with van der Waals surface area (Å²) in [6.07, 6.45) is 3.68. The maximum atomic E-state index is 12.7. The average Bonchev–Trinajstić information content (AvgIpc) is 2.56. The standard InChI is InChI=1S/C9H9FO2.C9H7FO/c10-6-1-2-9-7(5-6)8(11)3-4-12-9;10-8-3-4-9-7(6-8)2-1-5-11-9/h1-2,5,8,11H,3-4H2;1-4,6H,5H2. The lowest BCUT2D eigenvalue weighted by atomic mass is 10.0. The van der Waals surface area contributed by atoms with Crippen molar-refractivity contribution in [1.82, 2.24) is 0 Å². The molecule has 0 aliphatic carbocycles. The second kappa shape index (κ2) is 6.79. The average molecular weight is 318 g/mol. The van der Waals surface area contributed by atoms with Gasteiger partial charge in [0, 0.05) is 17.5 Å². The van der Waals surface area contributed by atoms with E-state index in [1.807, 2.05) is 12.2 Å². The highest BCUT2D eigenvalue weighted by Crippen LogP contribution is 2.31. The third-order valence-corrected chi connectivity index (χ3v) is 3.58. The van der Waals surface area contributed by atoms with Crippen molar-refractivity contribution < 1.29 is 23.4 Å². The number of hydrogen-bond donors (Lipinski definition) is 1. The van der Waals surface area contributed by atoms with Crippen LogP contribution in [-0.4, -0.2) is 18.3 Å². The maximum absolute atomic E-state index is 12.7. The highest BCUT2D eigenvalue weighted by molar-refractivity contribution is 5.59. The lowest BCUT2D eigenvalue weighted by Crippen LogP contribution is -2.13. The van der Waals surface area contributed by atoms with Crippen molar-refractivity contribution in [2.45, 2.75) is 12.5 Å². The van der Waals surface area contributed by atoms with Crippen molar-refractivity contribution in [1.29, 1.82) is 0 Å². The van der Waals surface area contributed by atoms with Gasteiger partial charge >= 0.3 is 0 Å². The zero-order valence-electron chi connectivity index (χ0n) is 12.3. The summed E-state index contributed by atoms with van der Waals surface area (Å²) in [7, 11) is 0. The molecule has 4 rings (SSSR count). The van der Waals surface area contributed by atoms with Crippen LogP contribution in [0.15, 0.2) is 42.5 Å². The van der Waals surface area contributed by atoms with Crippen LogP contribution in [0.5, 0.6) is 11.5 Å². The van der Waals surface area contributed by atoms with Gasteiger partial charge in [0.05, 0.1) is 12.7 Å². The van der Waals surface area contributed by atoms with Gasteiger partial charge < -0.3 is 14.6 Å². The summed E-state index contributed by atoms with van der Waals surface area (Å²) in [5, 5.41) is 9.44. The fourth-order valence-corrected chi connectivity index (χ4v) is 2.44. The van der Waals surface area contributed by atoms with E-state index in [1.165, 1.54) is 24.3 Å². The van der Waals surface area contributed by atoms with E-state index in [-0.39, 0.29) is 11.6 Å². The van der Waals surface area contributed by atoms with Crippen LogP contribution < -0.4 is 9.47 Å². The van der Waals surface area contributed by atoms with Gasteiger partial charge in [-0.15, -0.1) is 0 Å². The largest absolute Gasteiger partial charge is 0.493 e. The van der Waals surface area contributed by atoms with Crippen molar-refractivity contribution in [2.75, 3.05) is 13.2 Å². The van der Waals surface area contributed by atoms with Crippen LogP contribution >= 0.6 is 0 Å². The molecule has 2 aliphatic rings. The van der Waals surface area contributed by atoms with Crippen molar-refractivity contribution in [3.63, 3.8) is 0 Å². The molecular weight excluding hydrogens is 302 g/mol. The minimum Gasteiger partial charge on any atom is -0.493 e. The molecule has 2 heterocycles. The van der Waals surface area contributed by atoms with Crippen LogP contribution in [0.1, 0.15) is 23.7 Å². The summed E-state index contributed by atoms with van der Waals surface area (Å²) in [5.74, 6) is 0.793. The quantitative estimate of drug-likeness (QED) is 0.801. The van der Waals surface area contributed by atoms with Crippen molar-refractivity contribution in [2.24, 2.45) is 0 Å². The molecule has 2 aliphatic heterocycles. The smallest absolute Gasteiger partial charge is 0.127 e. The predicted molar refractivity (Wildman–Crippen MR) is 82.4 cm³/mol. The normalized spacial score (nSPS) is 17.8. The van der Waals surface area contributed by atoms with Crippen LogP contribution in [0.3, 0.4) is 0 Å². The Kier molecular flexibility index (Phi) is 4.57. The van der Waals surface area contributed by atoms with Gasteiger partial charge in [0.2, 0.25) is 0 Å². The Balaban J connectivity index is 0.000000136. The zero-order chi connectivity index (χ0) is 16.2. The minimum atomic E-state index is -0.579. The first-order valence-electron chi connectivity index (χ1n) is 7.33. The van der Waals surface area contributed by atoms with Gasteiger partial charge in [0.15, 0.2) is 0 Å². The number of rotatable bonds is 0. The minimum absolute atomic E-state index is 0.223. The molecule has 23 heavy (non-hydrogen) atoms. The Morgan fingerprint density at radius 3 is 2.52 bits per heavy atom. The van der Waals surface area contributed by atoms with Crippen LogP contribution in [0.25, 0.3) is 6.08 Å². The van der Waals surface area contributed by atoms with Crippen molar-refractivity contribution in [3.8, 4) is 11.5 Å². The highest BCUT2D eigenvalue weighted by atomic mass is 19.1. The van der Waals surface area contributed by atoms with Gasteiger partial charge in [-0.05, 0) is 42.5 Å². The van der Waals surface area contributed by atoms with E-state index in [4.69, 9.17) is 9.47 Å². The summed E-state index contributed by atoms with van der Waals surface area (Å²) in [6.45, 7) is 1.08. The fourth-order valence-electron chi connectivity index (χ4n) is 2.44. The van der Waals surface area contributed by atoms with E-state index in [2.05, 4.69) is 0 Å². The molecule has 0 bridgehead atoms. The van der Waals surface area contributed by atoms with Crippen molar-refractivity contribution in [3.05, 3.63) is 65.2 Å². The van der Waals surface area contributed by atoms with Crippen LogP contribution in [0, 0.1) is 11.6 Å². The summed E-state index contributed by atoms with van der Waals surface area (Å²) in [4.78, 5) is 0. The predicted octanol–water partition coefficient (Wildman–Crippen LogP) is 3.87.